The van der Waals surface area contributed by atoms with E-state index in [1.165, 1.54) is 6.33 Å². The van der Waals surface area contributed by atoms with Crippen molar-refractivity contribution in [3.05, 3.63) is 48.8 Å². The molecule has 0 aliphatic heterocycles. The fourth-order valence-corrected chi connectivity index (χ4v) is 3.18. The molecule has 2 amide bonds. The number of amides is 2. The number of nitrogens with one attached hydrogen (secondary N) is 3. The molecule has 8 nitrogen and oxygen atoms in total. The van der Waals surface area contributed by atoms with Crippen LogP contribution in [0.4, 0.5) is 22.9 Å². The van der Waals surface area contributed by atoms with Gasteiger partial charge in [-0.2, -0.15) is 0 Å². The predicted octanol–water partition coefficient (Wildman–Crippen LogP) is 4.25. The number of carbonyl (C=O) groups is 2. The van der Waals surface area contributed by atoms with Gasteiger partial charge in [-0.05, 0) is 49.5 Å². The van der Waals surface area contributed by atoms with Crippen molar-refractivity contribution in [1.29, 1.82) is 0 Å². The Labute approximate surface area is 188 Å². The Morgan fingerprint density at radius 1 is 0.938 bits per heavy atom. The van der Waals surface area contributed by atoms with Gasteiger partial charge in [0, 0.05) is 28.4 Å². The third-order valence-corrected chi connectivity index (χ3v) is 5.10. The van der Waals surface area contributed by atoms with Crippen LogP contribution in [0.5, 0.6) is 0 Å². The average molecular weight is 435 g/mol. The summed E-state index contributed by atoms with van der Waals surface area (Å²) < 4.78 is 0. The zero-order chi connectivity index (χ0) is 23.1. The normalized spacial score (nSPS) is 11.1. The first-order valence-corrected chi connectivity index (χ1v) is 10.8. The van der Waals surface area contributed by atoms with E-state index in [-0.39, 0.29) is 17.7 Å². The molecular formula is C24H30N6O2. The Morgan fingerprint density at radius 3 is 2.38 bits per heavy atom. The summed E-state index contributed by atoms with van der Waals surface area (Å²) in [5.74, 6) is 0.394. The predicted molar refractivity (Wildman–Crippen MR) is 129 cm³/mol. The van der Waals surface area contributed by atoms with Crippen LogP contribution in [-0.2, 0) is 9.59 Å². The fraction of sp³-hybridized carbons (Fsp3) is 0.333. The van der Waals surface area contributed by atoms with Gasteiger partial charge in [0.25, 0.3) is 0 Å². The van der Waals surface area contributed by atoms with Gasteiger partial charge >= 0.3 is 0 Å². The van der Waals surface area contributed by atoms with Crippen molar-refractivity contribution in [2.75, 3.05) is 35.6 Å². The van der Waals surface area contributed by atoms with Gasteiger partial charge in [0.05, 0.1) is 12.1 Å². The van der Waals surface area contributed by atoms with E-state index in [0.29, 0.717) is 23.7 Å². The molecule has 0 aliphatic carbocycles. The molecule has 3 N–H and O–H groups in total. The van der Waals surface area contributed by atoms with Crippen LogP contribution < -0.4 is 16.0 Å². The lowest BCUT2D eigenvalue weighted by atomic mass is 10.1. The topological polar surface area (TPSA) is 99.2 Å². The zero-order valence-corrected chi connectivity index (χ0v) is 19.0. The summed E-state index contributed by atoms with van der Waals surface area (Å²) in [6, 6.07) is 13.0. The molecule has 8 heteroatoms. The van der Waals surface area contributed by atoms with Gasteiger partial charge in [0.15, 0.2) is 0 Å². The highest BCUT2D eigenvalue weighted by atomic mass is 16.2. The summed E-state index contributed by atoms with van der Waals surface area (Å²) in [5.41, 5.74) is 2.93. The van der Waals surface area contributed by atoms with E-state index in [0.717, 1.165) is 29.7 Å². The summed E-state index contributed by atoms with van der Waals surface area (Å²) in [7, 11) is 0. The second-order valence-corrected chi connectivity index (χ2v) is 7.81. The molecule has 3 aromatic rings. The van der Waals surface area contributed by atoms with Gasteiger partial charge in [-0.3, -0.25) is 14.5 Å². The second-order valence-electron chi connectivity index (χ2n) is 7.81. The van der Waals surface area contributed by atoms with E-state index in [1.807, 2.05) is 70.2 Å². The molecule has 0 bridgehead atoms. The molecule has 0 saturated heterocycles. The summed E-state index contributed by atoms with van der Waals surface area (Å²) in [4.78, 5) is 35.1. The molecular weight excluding hydrogens is 404 g/mol. The average Bonchev–Trinajstić information content (AvgIpc) is 2.78. The maximum absolute atomic E-state index is 12.3. The summed E-state index contributed by atoms with van der Waals surface area (Å²) in [5, 5.41) is 9.94. The molecule has 0 aliphatic rings. The standard InChI is InChI=1S/C24H30N6O2/c1-5-30(6-2)14-22(31)27-17-8-7-9-18(12-17)28-23-20-13-19(29-24(32)16(3)4)10-11-21(20)25-15-26-23/h7-13,15-16H,5-6,14H2,1-4H3,(H,27,31)(H,29,32)(H,25,26,28). The van der Waals surface area contributed by atoms with Crippen LogP contribution in [0.25, 0.3) is 10.9 Å². The minimum Gasteiger partial charge on any atom is -0.340 e. The van der Waals surface area contributed by atoms with E-state index in [1.54, 1.807) is 0 Å². The minimum absolute atomic E-state index is 0.0520. The van der Waals surface area contributed by atoms with Crippen LogP contribution >= 0.6 is 0 Å². The van der Waals surface area contributed by atoms with Crippen molar-refractivity contribution >= 4 is 45.6 Å². The molecule has 0 fully saturated rings. The van der Waals surface area contributed by atoms with Crippen LogP contribution in [0.2, 0.25) is 0 Å². The van der Waals surface area contributed by atoms with Gasteiger partial charge in [0.1, 0.15) is 12.1 Å². The first-order valence-electron chi connectivity index (χ1n) is 10.8. The molecule has 3 rings (SSSR count). The minimum atomic E-state index is -0.116. The van der Waals surface area contributed by atoms with Crippen molar-refractivity contribution in [2.24, 2.45) is 5.92 Å². The maximum atomic E-state index is 12.3. The van der Waals surface area contributed by atoms with E-state index >= 15 is 0 Å². The Balaban J connectivity index is 1.79. The van der Waals surface area contributed by atoms with Crippen molar-refractivity contribution < 1.29 is 9.59 Å². The molecule has 168 valence electrons. The molecule has 0 spiro atoms. The first kappa shape index (κ1) is 23.1. The van der Waals surface area contributed by atoms with Crippen LogP contribution in [0, 0.1) is 5.92 Å². The first-order chi connectivity index (χ1) is 15.4. The third kappa shape index (κ3) is 6.01. The number of rotatable bonds is 9. The number of hydrogen-bond donors (Lipinski definition) is 3. The molecule has 2 aromatic carbocycles. The Morgan fingerprint density at radius 2 is 1.66 bits per heavy atom. The van der Waals surface area contributed by atoms with Crippen molar-refractivity contribution in [3.8, 4) is 0 Å². The lowest BCUT2D eigenvalue weighted by molar-refractivity contribution is -0.119. The van der Waals surface area contributed by atoms with Crippen molar-refractivity contribution in [1.82, 2.24) is 14.9 Å². The highest BCUT2D eigenvalue weighted by Crippen LogP contribution is 2.27. The quantitative estimate of drug-likeness (QED) is 0.466. The highest BCUT2D eigenvalue weighted by molar-refractivity contribution is 5.98. The van der Waals surface area contributed by atoms with Crippen molar-refractivity contribution in [3.63, 3.8) is 0 Å². The number of nitrogens with zero attached hydrogens (tertiary/aromatic N) is 3. The fourth-order valence-electron chi connectivity index (χ4n) is 3.18. The van der Waals surface area contributed by atoms with Gasteiger partial charge in [-0.25, -0.2) is 9.97 Å². The molecule has 32 heavy (non-hydrogen) atoms. The largest absolute Gasteiger partial charge is 0.340 e. The van der Waals surface area contributed by atoms with E-state index in [2.05, 4.69) is 30.8 Å². The molecule has 0 radical (unpaired) electrons. The summed E-state index contributed by atoms with van der Waals surface area (Å²) in [6.07, 6.45) is 1.49. The van der Waals surface area contributed by atoms with Crippen molar-refractivity contribution in [2.45, 2.75) is 27.7 Å². The van der Waals surface area contributed by atoms with Gasteiger partial charge < -0.3 is 16.0 Å². The number of fused-ring (bicyclic) bond motifs is 1. The van der Waals surface area contributed by atoms with E-state index in [4.69, 9.17) is 0 Å². The number of aromatic nitrogens is 2. The second kappa shape index (κ2) is 10.7. The monoisotopic (exact) mass is 434 g/mol. The molecule has 0 atom stereocenters. The van der Waals surface area contributed by atoms with Crippen LogP contribution in [-0.4, -0.2) is 46.3 Å². The number of benzene rings is 2. The number of anilines is 4. The molecule has 0 unspecified atom stereocenters. The van der Waals surface area contributed by atoms with Gasteiger partial charge in [0.2, 0.25) is 11.8 Å². The molecule has 1 aromatic heterocycles. The smallest absolute Gasteiger partial charge is 0.238 e. The molecule has 0 saturated carbocycles. The Hall–Kier alpha value is -3.52. The van der Waals surface area contributed by atoms with Gasteiger partial charge in [-0.1, -0.05) is 33.8 Å². The number of likely N-dealkylation sites (N-methyl/N-ethyl adjacent to an activating group) is 1. The van der Waals surface area contributed by atoms with Crippen LogP contribution in [0.1, 0.15) is 27.7 Å². The van der Waals surface area contributed by atoms with E-state index < -0.39 is 0 Å². The Kier molecular flexibility index (Phi) is 7.72. The molecule has 1 heterocycles. The van der Waals surface area contributed by atoms with E-state index in [9.17, 15) is 9.59 Å². The highest BCUT2D eigenvalue weighted by Gasteiger charge is 2.11. The Bertz CT molecular complexity index is 1090. The lowest BCUT2D eigenvalue weighted by Crippen LogP contribution is -2.32. The SMILES string of the molecule is CCN(CC)CC(=O)Nc1cccc(Nc2ncnc3ccc(NC(=O)C(C)C)cc23)c1. The van der Waals surface area contributed by atoms with Crippen LogP contribution in [0.15, 0.2) is 48.8 Å². The van der Waals surface area contributed by atoms with Gasteiger partial charge in [-0.15, -0.1) is 0 Å². The number of hydrogen-bond acceptors (Lipinski definition) is 6. The maximum Gasteiger partial charge on any atom is 0.238 e. The lowest BCUT2D eigenvalue weighted by Gasteiger charge is -2.17. The summed E-state index contributed by atoms with van der Waals surface area (Å²) >= 11 is 0. The van der Waals surface area contributed by atoms with Crippen LogP contribution in [0.3, 0.4) is 0 Å². The summed E-state index contributed by atoms with van der Waals surface area (Å²) in [6.45, 7) is 9.77. The zero-order valence-electron chi connectivity index (χ0n) is 19.0. The third-order valence-electron chi connectivity index (χ3n) is 5.10. The number of carbonyl (C=O) groups excluding carboxylic acids is 2.